The molecule has 0 bridgehead atoms. The van der Waals surface area contributed by atoms with Crippen LogP contribution in [-0.2, 0) is 0 Å². The molecular formula is C11H20N2O3. The number of aliphatic hydroxyl groups is 1. The first kappa shape index (κ1) is 14.8. The molecule has 1 amide bonds. The van der Waals surface area contributed by atoms with E-state index in [1.807, 2.05) is 0 Å². The van der Waals surface area contributed by atoms with Crippen LogP contribution in [-0.4, -0.2) is 42.0 Å². The average Bonchev–Trinajstić information content (AvgIpc) is 2.21. The van der Waals surface area contributed by atoms with Crippen LogP contribution >= 0.6 is 0 Å². The van der Waals surface area contributed by atoms with Gasteiger partial charge in [0.25, 0.3) is 0 Å². The lowest BCUT2D eigenvalue weighted by molar-refractivity contribution is 0.191. The van der Waals surface area contributed by atoms with Gasteiger partial charge in [-0.1, -0.05) is 11.8 Å². The smallest absolute Gasteiger partial charge is 0.404 e. The van der Waals surface area contributed by atoms with E-state index in [0.717, 1.165) is 19.4 Å². The number of hydrogen-bond acceptors (Lipinski definition) is 3. The van der Waals surface area contributed by atoms with E-state index in [9.17, 15) is 4.79 Å². The molecule has 4 N–H and O–H groups in total. The van der Waals surface area contributed by atoms with Crippen LogP contribution < -0.4 is 10.6 Å². The third-order valence-corrected chi connectivity index (χ3v) is 1.88. The highest BCUT2D eigenvalue weighted by Crippen LogP contribution is 1.87. The van der Waals surface area contributed by atoms with E-state index in [-0.39, 0.29) is 12.6 Å². The summed E-state index contributed by atoms with van der Waals surface area (Å²) >= 11 is 0. The second-order valence-corrected chi connectivity index (χ2v) is 3.52. The molecule has 1 unspecified atom stereocenters. The summed E-state index contributed by atoms with van der Waals surface area (Å²) in [6, 6.07) is -0.139. The van der Waals surface area contributed by atoms with Gasteiger partial charge in [-0.05, 0) is 26.3 Å². The second-order valence-electron chi connectivity index (χ2n) is 3.52. The third kappa shape index (κ3) is 10.8. The molecule has 1 atom stereocenters. The summed E-state index contributed by atoms with van der Waals surface area (Å²) in [5, 5.41) is 22.4. The molecule has 5 nitrogen and oxygen atoms in total. The zero-order valence-corrected chi connectivity index (χ0v) is 9.62. The predicted molar refractivity (Wildman–Crippen MR) is 62.2 cm³/mol. The molecule has 0 saturated carbocycles. The van der Waals surface area contributed by atoms with Crippen molar-refractivity contribution in [2.75, 3.05) is 19.7 Å². The Morgan fingerprint density at radius 3 is 2.75 bits per heavy atom. The van der Waals surface area contributed by atoms with Gasteiger partial charge in [0.2, 0.25) is 0 Å². The van der Waals surface area contributed by atoms with Gasteiger partial charge < -0.3 is 20.8 Å². The molecule has 0 fully saturated rings. The fraction of sp³-hybridized carbons (Fsp3) is 0.727. The molecule has 0 aromatic rings. The third-order valence-electron chi connectivity index (χ3n) is 1.88. The van der Waals surface area contributed by atoms with Gasteiger partial charge >= 0.3 is 6.09 Å². The summed E-state index contributed by atoms with van der Waals surface area (Å²) in [4.78, 5) is 10.3. The van der Waals surface area contributed by atoms with Gasteiger partial charge in [-0.15, -0.1) is 0 Å². The lowest BCUT2D eigenvalue weighted by Gasteiger charge is -2.05. The Bertz CT molecular complexity index is 245. The topological polar surface area (TPSA) is 81.6 Å². The largest absolute Gasteiger partial charge is 0.465 e. The van der Waals surface area contributed by atoms with Crippen LogP contribution in [0.15, 0.2) is 0 Å². The number of rotatable bonds is 7. The number of amides is 1. The molecule has 0 aliphatic carbocycles. The van der Waals surface area contributed by atoms with Gasteiger partial charge in [-0.2, -0.15) is 0 Å². The van der Waals surface area contributed by atoms with Crippen molar-refractivity contribution >= 4 is 6.09 Å². The Hall–Kier alpha value is -1.25. The zero-order valence-electron chi connectivity index (χ0n) is 9.62. The summed E-state index contributed by atoms with van der Waals surface area (Å²) in [5.41, 5.74) is 0. The predicted octanol–water partition coefficient (Wildman–Crippen LogP) is 0.398. The van der Waals surface area contributed by atoms with E-state index >= 15 is 0 Å². The van der Waals surface area contributed by atoms with Crippen LogP contribution in [0.2, 0.25) is 0 Å². The van der Waals surface area contributed by atoms with Crippen LogP contribution in [0, 0.1) is 11.8 Å². The Morgan fingerprint density at radius 1 is 1.38 bits per heavy atom. The maximum atomic E-state index is 10.3. The van der Waals surface area contributed by atoms with Crippen molar-refractivity contribution in [2.24, 2.45) is 0 Å². The molecule has 16 heavy (non-hydrogen) atoms. The van der Waals surface area contributed by atoms with Crippen LogP contribution in [0.4, 0.5) is 4.79 Å². The lowest BCUT2D eigenvalue weighted by atomic mass is 10.2. The van der Waals surface area contributed by atoms with Crippen molar-refractivity contribution in [3.8, 4) is 11.8 Å². The first-order valence-electron chi connectivity index (χ1n) is 5.43. The number of nitrogens with one attached hydrogen (secondary N) is 2. The van der Waals surface area contributed by atoms with Crippen LogP contribution in [0.1, 0.15) is 26.2 Å². The quantitative estimate of drug-likeness (QED) is 0.375. The van der Waals surface area contributed by atoms with Crippen molar-refractivity contribution in [3.63, 3.8) is 0 Å². The van der Waals surface area contributed by atoms with E-state index in [0.29, 0.717) is 13.0 Å². The van der Waals surface area contributed by atoms with Crippen molar-refractivity contribution < 1.29 is 15.0 Å². The molecule has 0 spiro atoms. The molecule has 5 heteroatoms. The monoisotopic (exact) mass is 228 g/mol. The minimum atomic E-state index is -1.02. The van der Waals surface area contributed by atoms with E-state index < -0.39 is 6.09 Å². The van der Waals surface area contributed by atoms with E-state index in [1.165, 1.54) is 0 Å². The number of aliphatic hydroxyl groups excluding tert-OH is 1. The number of carbonyl (C=O) groups is 1. The highest BCUT2D eigenvalue weighted by atomic mass is 16.4. The molecule has 0 aliphatic heterocycles. The lowest BCUT2D eigenvalue weighted by Crippen LogP contribution is -2.30. The zero-order chi connectivity index (χ0) is 12.2. The van der Waals surface area contributed by atoms with E-state index in [1.54, 1.807) is 6.92 Å². The Kier molecular flexibility index (Phi) is 9.47. The summed E-state index contributed by atoms with van der Waals surface area (Å²) in [7, 11) is 0. The Labute approximate surface area is 96.2 Å². The minimum Gasteiger partial charge on any atom is -0.465 e. The van der Waals surface area contributed by atoms with Gasteiger partial charge in [-0.3, -0.25) is 0 Å². The van der Waals surface area contributed by atoms with Crippen LogP contribution in [0.5, 0.6) is 0 Å². The van der Waals surface area contributed by atoms with Gasteiger partial charge in [0.15, 0.2) is 0 Å². The molecule has 0 rings (SSSR count). The van der Waals surface area contributed by atoms with Crippen molar-refractivity contribution in [3.05, 3.63) is 0 Å². The SMILES string of the molecule is CC(CC#CCNCCCCO)NC(=O)O. The summed E-state index contributed by atoms with van der Waals surface area (Å²) in [6.07, 6.45) is 1.25. The summed E-state index contributed by atoms with van der Waals surface area (Å²) in [5.74, 6) is 5.80. The molecule has 0 heterocycles. The summed E-state index contributed by atoms with van der Waals surface area (Å²) in [6.45, 7) is 3.45. The molecule has 0 aliphatic rings. The Balaban J connectivity index is 3.37. The standard InChI is InChI=1S/C11H20N2O3/c1-10(13-11(15)16)6-2-3-7-12-8-4-5-9-14/h10,12-14H,4-9H2,1H3,(H,15,16). The number of carboxylic acid groups (broad SMARTS) is 1. The molecule has 0 saturated heterocycles. The molecule has 92 valence electrons. The fourth-order valence-corrected chi connectivity index (χ4v) is 1.06. The van der Waals surface area contributed by atoms with Gasteiger partial charge in [-0.25, -0.2) is 4.79 Å². The number of hydrogen-bond donors (Lipinski definition) is 4. The fourth-order valence-electron chi connectivity index (χ4n) is 1.06. The van der Waals surface area contributed by atoms with Gasteiger partial charge in [0, 0.05) is 19.1 Å². The highest BCUT2D eigenvalue weighted by Gasteiger charge is 2.01. The van der Waals surface area contributed by atoms with Crippen molar-refractivity contribution in [2.45, 2.75) is 32.2 Å². The Morgan fingerprint density at radius 2 is 2.12 bits per heavy atom. The maximum Gasteiger partial charge on any atom is 0.404 e. The first-order chi connectivity index (χ1) is 7.66. The molecule has 0 radical (unpaired) electrons. The minimum absolute atomic E-state index is 0.139. The van der Waals surface area contributed by atoms with Gasteiger partial charge in [0.05, 0.1) is 6.54 Å². The maximum absolute atomic E-state index is 10.3. The van der Waals surface area contributed by atoms with Crippen molar-refractivity contribution in [1.29, 1.82) is 0 Å². The van der Waals surface area contributed by atoms with E-state index in [2.05, 4.69) is 22.5 Å². The second kappa shape index (κ2) is 10.3. The van der Waals surface area contributed by atoms with Crippen LogP contribution in [0.3, 0.4) is 0 Å². The normalized spacial score (nSPS) is 11.4. The number of unbranched alkanes of at least 4 members (excludes halogenated alkanes) is 1. The first-order valence-corrected chi connectivity index (χ1v) is 5.43. The molecule has 0 aromatic heterocycles. The van der Waals surface area contributed by atoms with Crippen LogP contribution in [0.25, 0.3) is 0 Å². The average molecular weight is 228 g/mol. The molecular weight excluding hydrogens is 208 g/mol. The van der Waals surface area contributed by atoms with Crippen molar-refractivity contribution in [1.82, 2.24) is 10.6 Å². The molecule has 0 aromatic carbocycles. The van der Waals surface area contributed by atoms with E-state index in [4.69, 9.17) is 10.2 Å². The highest BCUT2D eigenvalue weighted by molar-refractivity contribution is 5.64. The van der Waals surface area contributed by atoms with Gasteiger partial charge in [0.1, 0.15) is 0 Å². The summed E-state index contributed by atoms with van der Waals surface area (Å²) < 4.78 is 0.